The summed E-state index contributed by atoms with van der Waals surface area (Å²) < 4.78 is 1.93. The molecule has 0 aliphatic carbocycles. The molecule has 14 heavy (non-hydrogen) atoms. The van der Waals surface area contributed by atoms with E-state index in [0.717, 1.165) is 15.4 Å². The predicted octanol–water partition coefficient (Wildman–Crippen LogP) is 0.627. The van der Waals surface area contributed by atoms with Gasteiger partial charge in [0.15, 0.2) is 4.80 Å². The zero-order chi connectivity index (χ0) is 10.9. The van der Waals surface area contributed by atoms with Gasteiger partial charge in [0.05, 0.1) is 0 Å². The molecule has 0 atom stereocenters. The summed E-state index contributed by atoms with van der Waals surface area (Å²) in [6.45, 7) is 1.93. The Balaban J connectivity index is 3.31. The SMILES string of the molecule is CN=c1sc(C(=O)N(C)C)c(C)n1C. The quantitative estimate of drug-likeness (QED) is 0.674. The van der Waals surface area contributed by atoms with Crippen LogP contribution in [0.3, 0.4) is 0 Å². The molecule has 1 rings (SSSR count). The van der Waals surface area contributed by atoms with Crippen LogP contribution in [0.25, 0.3) is 0 Å². The molecule has 5 heteroatoms. The summed E-state index contributed by atoms with van der Waals surface area (Å²) in [7, 11) is 7.16. The van der Waals surface area contributed by atoms with Crippen LogP contribution < -0.4 is 4.80 Å². The summed E-state index contributed by atoms with van der Waals surface area (Å²) in [5, 5.41) is 0. The van der Waals surface area contributed by atoms with Crippen molar-refractivity contribution in [1.29, 1.82) is 0 Å². The molecule has 1 aromatic rings. The molecule has 0 fully saturated rings. The fourth-order valence-corrected chi connectivity index (χ4v) is 2.23. The highest BCUT2D eigenvalue weighted by atomic mass is 32.1. The predicted molar refractivity (Wildman–Crippen MR) is 57.5 cm³/mol. The van der Waals surface area contributed by atoms with E-state index in [0.29, 0.717) is 0 Å². The molecule has 0 aliphatic rings. The van der Waals surface area contributed by atoms with Gasteiger partial charge in [-0.05, 0) is 6.92 Å². The molecule has 0 bridgehead atoms. The number of rotatable bonds is 1. The van der Waals surface area contributed by atoms with E-state index in [1.54, 1.807) is 26.0 Å². The van der Waals surface area contributed by atoms with E-state index in [-0.39, 0.29) is 5.91 Å². The molecule has 78 valence electrons. The van der Waals surface area contributed by atoms with E-state index in [1.165, 1.54) is 11.3 Å². The fourth-order valence-electron chi connectivity index (χ4n) is 1.13. The van der Waals surface area contributed by atoms with Crippen molar-refractivity contribution in [1.82, 2.24) is 9.47 Å². The average Bonchev–Trinajstić information content (AvgIpc) is 2.43. The van der Waals surface area contributed by atoms with Crippen LogP contribution in [-0.4, -0.2) is 36.5 Å². The molecule has 1 heterocycles. The number of aromatic nitrogens is 1. The smallest absolute Gasteiger partial charge is 0.265 e. The molecule has 1 amide bonds. The Morgan fingerprint density at radius 2 is 2.07 bits per heavy atom. The van der Waals surface area contributed by atoms with Crippen LogP contribution in [0.15, 0.2) is 4.99 Å². The van der Waals surface area contributed by atoms with Crippen LogP contribution in [0.1, 0.15) is 15.4 Å². The second kappa shape index (κ2) is 3.96. The number of hydrogen-bond acceptors (Lipinski definition) is 3. The first-order valence-electron chi connectivity index (χ1n) is 4.30. The minimum absolute atomic E-state index is 0.0398. The van der Waals surface area contributed by atoms with Gasteiger partial charge in [-0.2, -0.15) is 0 Å². The lowest BCUT2D eigenvalue weighted by molar-refractivity contribution is 0.0831. The molecule has 0 saturated heterocycles. The van der Waals surface area contributed by atoms with Gasteiger partial charge in [0.1, 0.15) is 4.88 Å². The third kappa shape index (κ3) is 1.72. The Kier molecular flexibility index (Phi) is 3.10. The topological polar surface area (TPSA) is 37.6 Å². The Hall–Kier alpha value is -1.10. The second-order valence-corrected chi connectivity index (χ2v) is 4.26. The Morgan fingerprint density at radius 3 is 2.43 bits per heavy atom. The van der Waals surface area contributed by atoms with Crippen molar-refractivity contribution < 1.29 is 4.79 Å². The largest absolute Gasteiger partial charge is 0.344 e. The van der Waals surface area contributed by atoms with Gasteiger partial charge in [0.2, 0.25) is 0 Å². The van der Waals surface area contributed by atoms with E-state index in [4.69, 9.17) is 0 Å². The molecule has 0 saturated carbocycles. The highest BCUT2D eigenvalue weighted by Gasteiger charge is 2.15. The summed E-state index contributed by atoms with van der Waals surface area (Å²) in [5.74, 6) is 0.0398. The molecule has 0 radical (unpaired) electrons. The highest BCUT2D eigenvalue weighted by molar-refractivity contribution is 7.11. The van der Waals surface area contributed by atoms with Gasteiger partial charge < -0.3 is 9.47 Å². The maximum atomic E-state index is 11.7. The van der Waals surface area contributed by atoms with Gasteiger partial charge in [0, 0.05) is 33.9 Å². The summed E-state index contributed by atoms with van der Waals surface area (Å²) in [5.41, 5.74) is 0.967. The van der Waals surface area contributed by atoms with Crippen molar-refractivity contribution in [3.05, 3.63) is 15.4 Å². The number of nitrogens with zero attached hydrogens (tertiary/aromatic N) is 3. The van der Waals surface area contributed by atoms with E-state index in [2.05, 4.69) is 4.99 Å². The van der Waals surface area contributed by atoms with Crippen LogP contribution in [0, 0.1) is 6.92 Å². The fraction of sp³-hybridized carbons (Fsp3) is 0.556. The monoisotopic (exact) mass is 213 g/mol. The minimum Gasteiger partial charge on any atom is -0.344 e. The molecular weight excluding hydrogens is 198 g/mol. The van der Waals surface area contributed by atoms with E-state index < -0.39 is 0 Å². The van der Waals surface area contributed by atoms with Crippen molar-refractivity contribution in [3.63, 3.8) is 0 Å². The molecule has 0 aliphatic heterocycles. The van der Waals surface area contributed by atoms with Gasteiger partial charge >= 0.3 is 0 Å². The van der Waals surface area contributed by atoms with Crippen molar-refractivity contribution in [2.45, 2.75) is 6.92 Å². The van der Waals surface area contributed by atoms with Gasteiger partial charge in [-0.1, -0.05) is 11.3 Å². The maximum absolute atomic E-state index is 11.7. The van der Waals surface area contributed by atoms with Crippen LogP contribution in [0.4, 0.5) is 0 Å². The van der Waals surface area contributed by atoms with Gasteiger partial charge in [-0.25, -0.2) is 0 Å². The standard InChI is InChI=1S/C9H15N3OS/c1-6-7(8(13)11(3)4)14-9(10-2)12(6)5/h1-5H3. The lowest BCUT2D eigenvalue weighted by atomic mass is 10.3. The van der Waals surface area contributed by atoms with E-state index >= 15 is 0 Å². The lowest BCUT2D eigenvalue weighted by Crippen LogP contribution is -2.21. The maximum Gasteiger partial charge on any atom is 0.265 e. The van der Waals surface area contributed by atoms with Gasteiger partial charge in [-0.3, -0.25) is 9.79 Å². The number of thiazole rings is 1. The summed E-state index contributed by atoms with van der Waals surface area (Å²) in [6, 6.07) is 0. The summed E-state index contributed by atoms with van der Waals surface area (Å²) in [4.78, 5) is 19.0. The van der Waals surface area contributed by atoms with Crippen LogP contribution in [0.5, 0.6) is 0 Å². The molecule has 1 aromatic heterocycles. The summed E-state index contributed by atoms with van der Waals surface area (Å²) >= 11 is 1.43. The second-order valence-electron chi connectivity index (χ2n) is 3.28. The molecular formula is C9H15N3OS. The van der Waals surface area contributed by atoms with Crippen molar-refractivity contribution in [3.8, 4) is 0 Å². The third-order valence-electron chi connectivity index (χ3n) is 2.10. The van der Waals surface area contributed by atoms with Crippen molar-refractivity contribution in [2.24, 2.45) is 12.0 Å². The lowest BCUT2D eigenvalue weighted by Gasteiger charge is -2.08. The molecule has 0 spiro atoms. The Morgan fingerprint density at radius 1 is 1.50 bits per heavy atom. The van der Waals surface area contributed by atoms with E-state index in [9.17, 15) is 4.79 Å². The molecule has 0 unspecified atom stereocenters. The zero-order valence-corrected chi connectivity index (χ0v) is 9.97. The minimum atomic E-state index is 0.0398. The zero-order valence-electron chi connectivity index (χ0n) is 9.16. The van der Waals surface area contributed by atoms with Crippen LogP contribution in [-0.2, 0) is 7.05 Å². The van der Waals surface area contributed by atoms with Crippen molar-refractivity contribution >= 4 is 17.2 Å². The number of carbonyl (C=O) groups is 1. The third-order valence-corrected chi connectivity index (χ3v) is 3.42. The number of amides is 1. The first kappa shape index (κ1) is 11.0. The summed E-state index contributed by atoms with van der Waals surface area (Å²) in [6.07, 6.45) is 0. The van der Waals surface area contributed by atoms with Crippen molar-refractivity contribution in [2.75, 3.05) is 21.1 Å². The van der Waals surface area contributed by atoms with Crippen LogP contribution in [0.2, 0.25) is 0 Å². The number of hydrogen-bond donors (Lipinski definition) is 0. The first-order chi connectivity index (χ1) is 6.49. The van der Waals surface area contributed by atoms with Crippen LogP contribution >= 0.6 is 11.3 Å². The molecule has 4 nitrogen and oxygen atoms in total. The molecule has 0 N–H and O–H groups in total. The number of carbonyl (C=O) groups excluding carboxylic acids is 1. The van der Waals surface area contributed by atoms with Gasteiger partial charge in [-0.15, -0.1) is 0 Å². The Bertz CT molecular complexity index is 414. The average molecular weight is 213 g/mol. The van der Waals surface area contributed by atoms with E-state index in [1.807, 2.05) is 18.5 Å². The first-order valence-corrected chi connectivity index (χ1v) is 5.11. The highest BCUT2D eigenvalue weighted by Crippen LogP contribution is 2.12. The normalized spacial score (nSPS) is 11.9. The molecule has 0 aromatic carbocycles. The Labute approximate surface area is 87.5 Å². The van der Waals surface area contributed by atoms with Gasteiger partial charge in [0.25, 0.3) is 5.91 Å².